The first-order chi connectivity index (χ1) is 13.0. The molecule has 4 rings (SSSR count). The van der Waals surface area contributed by atoms with Gasteiger partial charge in [-0.25, -0.2) is 9.18 Å². The smallest absolute Gasteiger partial charge is 0.414 e. The Balaban J connectivity index is 1.51. The molecule has 1 fully saturated rings. The van der Waals surface area contributed by atoms with E-state index in [0.717, 1.165) is 11.0 Å². The number of cyclic esters (lactones) is 1. The second-order valence-electron chi connectivity index (χ2n) is 6.19. The molecule has 0 aromatic heterocycles. The zero-order valence-electron chi connectivity index (χ0n) is 14.0. The molecule has 2 aromatic carbocycles. The number of carbonyl (C=O) groups excluding carboxylic acids is 3. The van der Waals surface area contributed by atoms with Gasteiger partial charge < -0.3 is 4.74 Å². The Morgan fingerprint density at radius 1 is 1.11 bits per heavy atom. The summed E-state index contributed by atoms with van der Waals surface area (Å²) >= 11 is 0. The third kappa shape index (κ3) is 2.72. The fourth-order valence-corrected chi connectivity index (χ4v) is 3.23. The largest absolute Gasteiger partial charge is 0.442 e. The summed E-state index contributed by atoms with van der Waals surface area (Å²) in [5.41, 5.74) is 1.04. The van der Waals surface area contributed by atoms with E-state index < -0.39 is 29.8 Å². The van der Waals surface area contributed by atoms with Crippen LogP contribution in [0.5, 0.6) is 0 Å². The minimum atomic E-state index is -0.713. The lowest BCUT2D eigenvalue weighted by Crippen LogP contribution is -2.38. The van der Waals surface area contributed by atoms with E-state index in [9.17, 15) is 18.8 Å². The van der Waals surface area contributed by atoms with Crippen molar-refractivity contribution in [2.45, 2.75) is 6.10 Å². The number of nitrogens with zero attached hydrogens (tertiary/aromatic N) is 2. The number of anilines is 1. The molecule has 6 nitrogen and oxygen atoms in total. The highest BCUT2D eigenvalue weighted by Gasteiger charge is 2.40. The van der Waals surface area contributed by atoms with Gasteiger partial charge in [0.2, 0.25) is 0 Å². The molecule has 2 aromatic rings. The van der Waals surface area contributed by atoms with Crippen molar-refractivity contribution in [1.82, 2.24) is 4.90 Å². The highest BCUT2D eigenvalue weighted by molar-refractivity contribution is 6.21. The first-order valence-electron chi connectivity index (χ1n) is 8.19. The van der Waals surface area contributed by atoms with Crippen molar-refractivity contribution in [3.05, 3.63) is 65.0 Å². The summed E-state index contributed by atoms with van der Waals surface area (Å²) in [6.07, 6.45) is 3.80. The van der Waals surface area contributed by atoms with Crippen molar-refractivity contribution in [2.24, 2.45) is 0 Å². The number of hydrogen-bond acceptors (Lipinski definition) is 4. The third-order valence-corrected chi connectivity index (χ3v) is 4.56. The molecule has 3 amide bonds. The Hall–Kier alpha value is -3.66. The van der Waals surface area contributed by atoms with Crippen LogP contribution < -0.4 is 4.90 Å². The Labute approximate surface area is 154 Å². The van der Waals surface area contributed by atoms with Gasteiger partial charge in [0.25, 0.3) is 11.8 Å². The maximum Gasteiger partial charge on any atom is 0.414 e. The fourth-order valence-electron chi connectivity index (χ4n) is 3.23. The predicted molar refractivity (Wildman–Crippen MR) is 93.8 cm³/mol. The van der Waals surface area contributed by atoms with Crippen LogP contribution in [0.25, 0.3) is 0 Å². The van der Waals surface area contributed by atoms with Crippen molar-refractivity contribution in [1.29, 1.82) is 0 Å². The van der Waals surface area contributed by atoms with Crippen LogP contribution in [0.15, 0.2) is 42.5 Å². The number of rotatable bonds is 3. The number of hydrogen-bond donors (Lipinski definition) is 0. The van der Waals surface area contributed by atoms with Crippen molar-refractivity contribution >= 4 is 23.6 Å². The Morgan fingerprint density at radius 2 is 1.78 bits per heavy atom. The Bertz CT molecular complexity index is 992. The molecule has 1 saturated heterocycles. The first kappa shape index (κ1) is 16.8. The number of benzene rings is 2. The number of fused-ring (bicyclic) bond motifs is 1. The Morgan fingerprint density at radius 3 is 2.37 bits per heavy atom. The maximum absolute atomic E-state index is 13.9. The van der Waals surface area contributed by atoms with Crippen LogP contribution >= 0.6 is 0 Å². The highest BCUT2D eigenvalue weighted by atomic mass is 19.1. The third-order valence-electron chi connectivity index (χ3n) is 4.56. The summed E-state index contributed by atoms with van der Waals surface area (Å²) in [7, 11) is 0. The maximum atomic E-state index is 13.9. The van der Waals surface area contributed by atoms with Gasteiger partial charge in [-0.3, -0.25) is 19.4 Å². The quantitative estimate of drug-likeness (QED) is 0.620. The Kier molecular flexibility index (Phi) is 3.89. The molecule has 134 valence electrons. The van der Waals surface area contributed by atoms with E-state index in [1.165, 1.54) is 17.0 Å². The van der Waals surface area contributed by atoms with E-state index in [4.69, 9.17) is 11.2 Å². The van der Waals surface area contributed by atoms with E-state index in [0.29, 0.717) is 16.8 Å². The van der Waals surface area contributed by atoms with E-state index >= 15 is 0 Å². The fraction of sp³-hybridized carbons (Fsp3) is 0.150. The van der Waals surface area contributed by atoms with Crippen LogP contribution in [-0.4, -0.2) is 42.0 Å². The summed E-state index contributed by atoms with van der Waals surface area (Å²) in [6, 6.07) is 10.6. The lowest BCUT2D eigenvalue weighted by molar-refractivity contribution is 0.0558. The van der Waals surface area contributed by atoms with Gasteiger partial charge >= 0.3 is 6.09 Å². The molecule has 0 radical (unpaired) electrons. The average Bonchev–Trinajstić information content (AvgIpc) is 3.15. The summed E-state index contributed by atoms with van der Waals surface area (Å²) < 4.78 is 19.2. The molecule has 0 spiro atoms. The van der Waals surface area contributed by atoms with Crippen LogP contribution in [0.4, 0.5) is 14.9 Å². The van der Waals surface area contributed by atoms with Gasteiger partial charge in [-0.05, 0) is 30.3 Å². The minimum absolute atomic E-state index is 0.0699. The molecule has 27 heavy (non-hydrogen) atoms. The van der Waals surface area contributed by atoms with E-state index in [1.54, 1.807) is 24.3 Å². The number of imide groups is 1. The topological polar surface area (TPSA) is 66.9 Å². The molecule has 7 heteroatoms. The summed E-state index contributed by atoms with van der Waals surface area (Å²) in [5, 5.41) is 0. The zero-order chi connectivity index (χ0) is 19.1. The van der Waals surface area contributed by atoms with Crippen LogP contribution in [0.2, 0.25) is 0 Å². The second kappa shape index (κ2) is 6.25. The van der Waals surface area contributed by atoms with E-state index in [-0.39, 0.29) is 18.7 Å². The number of halogens is 1. The lowest BCUT2D eigenvalue weighted by Gasteiger charge is -2.17. The van der Waals surface area contributed by atoms with Crippen molar-refractivity contribution < 1.29 is 23.5 Å². The zero-order valence-corrected chi connectivity index (χ0v) is 14.0. The van der Waals surface area contributed by atoms with Crippen LogP contribution in [-0.2, 0) is 4.74 Å². The van der Waals surface area contributed by atoms with Gasteiger partial charge in [-0.2, -0.15) is 0 Å². The molecular weight excluding hydrogens is 351 g/mol. The van der Waals surface area contributed by atoms with Crippen LogP contribution in [0.1, 0.15) is 26.3 Å². The van der Waals surface area contributed by atoms with Gasteiger partial charge in [0.15, 0.2) is 0 Å². The summed E-state index contributed by atoms with van der Waals surface area (Å²) in [5.74, 6) is 0.746. The predicted octanol–water partition coefficient (Wildman–Crippen LogP) is 2.43. The normalized spacial score (nSPS) is 18.5. The van der Waals surface area contributed by atoms with Crippen LogP contribution in [0.3, 0.4) is 0 Å². The number of ether oxygens (including phenoxy) is 1. The standard InChI is InChI=1S/C20H13FN2O4/c1-2-12-7-8-13(9-17(12)21)22-10-14(27-20(22)26)11-23-18(24)15-5-3-4-6-16(15)19(23)25/h1,3-9,14H,10-11H2/t14-/m1/s1. The van der Waals surface area contributed by atoms with Crippen molar-refractivity contribution in [2.75, 3.05) is 18.0 Å². The molecule has 2 heterocycles. The molecule has 0 bridgehead atoms. The molecule has 0 unspecified atom stereocenters. The monoisotopic (exact) mass is 364 g/mol. The molecule has 0 saturated carbocycles. The number of terminal acetylenes is 1. The van der Waals surface area contributed by atoms with Gasteiger partial charge in [-0.1, -0.05) is 18.1 Å². The van der Waals surface area contributed by atoms with Crippen molar-refractivity contribution in [3.63, 3.8) is 0 Å². The first-order valence-corrected chi connectivity index (χ1v) is 8.19. The molecule has 1 atom stereocenters. The molecule has 0 aliphatic carbocycles. The van der Waals surface area contributed by atoms with E-state index in [1.807, 2.05) is 0 Å². The summed E-state index contributed by atoms with van der Waals surface area (Å²) in [6.45, 7) is 0.0145. The second-order valence-corrected chi connectivity index (χ2v) is 6.19. The number of carbonyl (C=O) groups is 3. The van der Waals surface area contributed by atoms with Gasteiger partial charge in [0.05, 0.1) is 35.5 Å². The lowest BCUT2D eigenvalue weighted by atomic mass is 10.1. The van der Waals surface area contributed by atoms with E-state index in [2.05, 4.69) is 5.92 Å². The van der Waals surface area contributed by atoms with Crippen molar-refractivity contribution in [3.8, 4) is 12.3 Å². The average molecular weight is 364 g/mol. The van der Waals surface area contributed by atoms with Gasteiger partial charge in [-0.15, -0.1) is 6.42 Å². The minimum Gasteiger partial charge on any atom is -0.442 e. The summed E-state index contributed by atoms with van der Waals surface area (Å²) in [4.78, 5) is 39.3. The van der Waals surface area contributed by atoms with Gasteiger partial charge in [0.1, 0.15) is 11.9 Å². The molecular formula is C20H13FN2O4. The molecule has 2 aliphatic heterocycles. The SMILES string of the molecule is C#Cc1ccc(N2C[C@H](CN3C(=O)c4ccccc4C3=O)OC2=O)cc1F. The molecule has 2 aliphatic rings. The molecule has 0 N–H and O–H groups in total. The van der Waals surface area contributed by atoms with Crippen LogP contribution in [0, 0.1) is 18.2 Å². The highest BCUT2D eigenvalue weighted by Crippen LogP contribution is 2.27. The number of amides is 3. The van der Waals surface area contributed by atoms with Gasteiger partial charge in [0, 0.05) is 0 Å².